The molecule has 8 nitrogen and oxygen atoms in total. The summed E-state index contributed by atoms with van der Waals surface area (Å²) in [5, 5.41) is 0.465. The molecule has 11 heteroatoms. The molecule has 4 rings (SSSR count). The van der Waals surface area contributed by atoms with Crippen molar-refractivity contribution >= 4 is 49.1 Å². The molecule has 34 heavy (non-hydrogen) atoms. The van der Waals surface area contributed by atoms with Gasteiger partial charge in [0.2, 0.25) is 10.0 Å². The second-order valence-electron chi connectivity index (χ2n) is 7.97. The van der Waals surface area contributed by atoms with E-state index in [-0.39, 0.29) is 17.3 Å². The topological polar surface area (TPSA) is 90.2 Å². The van der Waals surface area contributed by atoms with Crippen molar-refractivity contribution in [3.63, 3.8) is 0 Å². The molecule has 0 aliphatic carbocycles. The summed E-state index contributed by atoms with van der Waals surface area (Å²) in [6, 6.07) is 11.8. The van der Waals surface area contributed by atoms with Crippen LogP contribution in [0.25, 0.3) is 10.2 Å². The van der Waals surface area contributed by atoms with Gasteiger partial charge in [0.25, 0.3) is 5.91 Å². The normalized spacial score (nSPS) is 17.9. The Hall–Kier alpha value is -2.24. The Morgan fingerprint density at radius 3 is 2.68 bits per heavy atom. The van der Waals surface area contributed by atoms with Crippen molar-refractivity contribution in [3.05, 3.63) is 52.3 Å². The van der Waals surface area contributed by atoms with Crippen molar-refractivity contribution < 1.29 is 22.7 Å². The lowest BCUT2D eigenvalue weighted by atomic mass is 9.99. The predicted molar refractivity (Wildman–Crippen MR) is 132 cm³/mol. The number of carbonyl (C=O) groups excluding carboxylic acids is 1. The van der Waals surface area contributed by atoms with E-state index >= 15 is 0 Å². The molecule has 1 amide bonds. The smallest absolute Gasteiger partial charge is 0.252 e. The second kappa shape index (κ2) is 10.6. The summed E-state index contributed by atoms with van der Waals surface area (Å²) in [5.41, 5.74) is 0.935. The van der Waals surface area contributed by atoms with Crippen molar-refractivity contribution in [2.24, 2.45) is 10.9 Å². The van der Waals surface area contributed by atoms with Crippen LogP contribution < -0.4 is 9.54 Å². The van der Waals surface area contributed by atoms with E-state index in [0.717, 1.165) is 16.0 Å². The molecule has 3 aromatic rings. The van der Waals surface area contributed by atoms with Crippen LogP contribution in [0.15, 0.2) is 52.4 Å². The van der Waals surface area contributed by atoms with Crippen molar-refractivity contribution in [2.45, 2.75) is 24.3 Å². The number of carbonyl (C=O) groups is 1. The average Bonchev–Trinajstić information content (AvgIpc) is 3.18. The van der Waals surface area contributed by atoms with Crippen LogP contribution in [0.2, 0.25) is 5.02 Å². The minimum atomic E-state index is -3.72. The Balaban J connectivity index is 1.62. The molecule has 0 bridgehead atoms. The highest BCUT2D eigenvalue weighted by Gasteiger charge is 2.33. The summed E-state index contributed by atoms with van der Waals surface area (Å²) in [6.45, 7) is 1.47. The highest BCUT2D eigenvalue weighted by atomic mass is 35.5. The Morgan fingerprint density at radius 1 is 1.21 bits per heavy atom. The van der Waals surface area contributed by atoms with Crippen LogP contribution in [0.1, 0.15) is 12.8 Å². The highest BCUT2D eigenvalue weighted by molar-refractivity contribution is 7.89. The molecule has 1 aliphatic rings. The van der Waals surface area contributed by atoms with Crippen LogP contribution >= 0.6 is 22.9 Å². The maximum absolute atomic E-state index is 13.2. The molecule has 1 fully saturated rings. The molecule has 0 radical (unpaired) electrons. The first kappa shape index (κ1) is 24.9. The lowest BCUT2D eigenvalue weighted by Crippen LogP contribution is -2.42. The van der Waals surface area contributed by atoms with Gasteiger partial charge in [-0.15, -0.1) is 0 Å². The summed E-state index contributed by atoms with van der Waals surface area (Å²) >= 11 is 7.29. The van der Waals surface area contributed by atoms with E-state index in [1.165, 1.54) is 27.8 Å². The molecule has 1 saturated heterocycles. The fourth-order valence-corrected chi connectivity index (χ4v) is 6.71. The Bertz CT molecular complexity index is 1350. The van der Waals surface area contributed by atoms with Gasteiger partial charge in [-0.25, -0.2) is 8.42 Å². The van der Waals surface area contributed by atoms with E-state index in [0.29, 0.717) is 42.4 Å². The van der Waals surface area contributed by atoms with Crippen molar-refractivity contribution in [3.8, 4) is 5.75 Å². The maximum atomic E-state index is 13.2. The van der Waals surface area contributed by atoms with E-state index in [1.807, 2.05) is 22.8 Å². The number of nitrogens with zero attached hydrogens (tertiary/aromatic N) is 3. The fourth-order valence-electron chi connectivity index (χ4n) is 3.97. The maximum Gasteiger partial charge on any atom is 0.252 e. The average molecular weight is 524 g/mol. The third-order valence-electron chi connectivity index (χ3n) is 5.80. The summed E-state index contributed by atoms with van der Waals surface area (Å²) in [4.78, 5) is 18.3. The number of hydrogen-bond donors (Lipinski definition) is 0. The molecule has 182 valence electrons. The number of aromatic nitrogens is 1. The monoisotopic (exact) mass is 523 g/mol. The number of sulfonamides is 1. The largest absolute Gasteiger partial charge is 0.497 e. The number of amides is 1. The molecule has 0 saturated carbocycles. The Labute approximate surface area is 207 Å². The van der Waals surface area contributed by atoms with Gasteiger partial charge >= 0.3 is 0 Å². The zero-order chi connectivity index (χ0) is 24.3. The predicted octanol–water partition coefficient (Wildman–Crippen LogP) is 3.54. The SMILES string of the molecule is COCCn1c(=NC(=O)C2CCCN(S(=O)(=O)c3ccc(Cl)cc3)C2)sc2cc(OC)ccc21. The van der Waals surface area contributed by atoms with Gasteiger partial charge in [-0.3, -0.25) is 4.79 Å². The van der Waals surface area contributed by atoms with Gasteiger partial charge < -0.3 is 14.0 Å². The number of hydrogen-bond acceptors (Lipinski definition) is 6. The zero-order valence-electron chi connectivity index (χ0n) is 18.9. The fraction of sp³-hybridized carbons (Fsp3) is 0.391. The van der Waals surface area contributed by atoms with E-state index in [1.54, 1.807) is 26.4 Å². The van der Waals surface area contributed by atoms with E-state index in [2.05, 4.69) is 4.99 Å². The third-order valence-corrected chi connectivity index (χ3v) is 8.97. The minimum Gasteiger partial charge on any atom is -0.497 e. The first-order valence-corrected chi connectivity index (χ1v) is 13.5. The number of rotatable bonds is 7. The molecule has 1 atom stereocenters. The van der Waals surface area contributed by atoms with Gasteiger partial charge in [0, 0.05) is 31.8 Å². The number of ether oxygens (including phenoxy) is 2. The Morgan fingerprint density at radius 2 is 1.97 bits per heavy atom. The molecule has 1 aromatic heterocycles. The number of fused-ring (bicyclic) bond motifs is 1. The lowest BCUT2D eigenvalue weighted by Gasteiger charge is -2.30. The molecule has 0 N–H and O–H groups in total. The van der Waals surface area contributed by atoms with Gasteiger partial charge in [-0.1, -0.05) is 22.9 Å². The van der Waals surface area contributed by atoms with Gasteiger partial charge in [0.1, 0.15) is 5.75 Å². The number of thiazole rings is 1. The van der Waals surface area contributed by atoms with Crippen LogP contribution in [-0.4, -0.2) is 57.1 Å². The standard InChI is InChI=1S/C23H26ClN3O5S2/c1-31-13-12-27-20-10-7-18(32-2)14-21(20)33-23(27)25-22(28)16-4-3-11-26(15-16)34(29,30)19-8-5-17(24)6-9-19/h5-10,14,16H,3-4,11-13,15H2,1-2H3. The van der Waals surface area contributed by atoms with Crippen molar-refractivity contribution in [2.75, 3.05) is 33.9 Å². The molecular weight excluding hydrogens is 498 g/mol. The summed E-state index contributed by atoms with van der Waals surface area (Å²) in [7, 11) is -0.489. The summed E-state index contributed by atoms with van der Waals surface area (Å²) in [5.74, 6) is -0.104. The molecule has 1 unspecified atom stereocenters. The molecule has 1 aliphatic heterocycles. The van der Waals surface area contributed by atoms with E-state index in [9.17, 15) is 13.2 Å². The first-order valence-electron chi connectivity index (χ1n) is 10.8. The first-order chi connectivity index (χ1) is 16.3. The van der Waals surface area contributed by atoms with Crippen molar-refractivity contribution in [1.29, 1.82) is 0 Å². The van der Waals surface area contributed by atoms with Gasteiger partial charge in [0.05, 0.1) is 34.7 Å². The number of piperidine rings is 1. The van der Waals surface area contributed by atoms with E-state index in [4.69, 9.17) is 21.1 Å². The molecule has 2 aromatic carbocycles. The lowest BCUT2D eigenvalue weighted by molar-refractivity contribution is -0.122. The summed E-state index contributed by atoms with van der Waals surface area (Å²) < 4.78 is 41.0. The van der Waals surface area contributed by atoms with E-state index < -0.39 is 15.9 Å². The second-order valence-corrected chi connectivity index (χ2v) is 11.4. The highest BCUT2D eigenvalue weighted by Crippen LogP contribution is 2.26. The summed E-state index contributed by atoms with van der Waals surface area (Å²) in [6.07, 6.45) is 1.18. The van der Waals surface area contributed by atoms with Crippen LogP contribution in [0, 0.1) is 5.92 Å². The number of benzene rings is 2. The minimum absolute atomic E-state index is 0.101. The van der Waals surface area contributed by atoms with Crippen LogP contribution in [0.3, 0.4) is 0 Å². The van der Waals surface area contributed by atoms with Crippen molar-refractivity contribution in [1.82, 2.24) is 8.87 Å². The quantitative estimate of drug-likeness (QED) is 0.472. The van der Waals surface area contributed by atoms with Gasteiger partial charge in [-0.05, 0) is 55.3 Å². The van der Waals surface area contributed by atoms with Gasteiger partial charge in [0.15, 0.2) is 4.80 Å². The number of halogens is 1. The zero-order valence-corrected chi connectivity index (χ0v) is 21.3. The Kier molecular flexibility index (Phi) is 7.73. The third kappa shape index (κ3) is 5.21. The van der Waals surface area contributed by atoms with Crippen LogP contribution in [-0.2, 0) is 26.1 Å². The van der Waals surface area contributed by atoms with Gasteiger partial charge in [-0.2, -0.15) is 9.30 Å². The molecule has 2 heterocycles. The van der Waals surface area contributed by atoms with Crippen LogP contribution in [0.4, 0.5) is 0 Å². The van der Waals surface area contributed by atoms with Crippen LogP contribution in [0.5, 0.6) is 5.75 Å². The number of methoxy groups -OCH3 is 2. The molecule has 0 spiro atoms. The molecular formula is C23H26ClN3O5S2.